The molecule has 80 valence electrons. The second kappa shape index (κ2) is 4.30. The minimum atomic E-state index is 0.289. The molecule has 1 atom stereocenters. The van der Waals surface area contributed by atoms with Crippen LogP contribution in [0.2, 0.25) is 0 Å². The zero-order chi connectivity index (χ0) is 9.97. The predicted molar refractivity (Wildman–Crippen MR) is 55.9 cm³/mol. The summed E-state index contributed by atoms with van der Waals surface area (Å²) >= 11 is 0. The van der Waals surface area contributed by atoms with Gasteiger partial charge < -0.3 is 10.6 Å². The SMILES string of the molecule is CC1CC(C(=O)N[C@H]2CCCNC2)C1. The van der Waals surface area contributed by atoms with Crippen molar-refractivity contribution in [2.24, 2.45) is 11.8 Å². The van der Waals surface area contributed by atoms with Crippen LogP contribution < -0.4 is 10.6 Å². The molecule has 3 nitrogen and oxygen atoms in total. The molecule has 0 aromatic heterocycles. The molecule has 2 rings (SSSR count). The lowest BCUT2D eigenvalue weighted by molar-refractivity contribution is -0.129. The van der Waals surface area contributed by atoms with Crippen LogP contribution in [0.15, 0.2) is 0 Å². The highest BCUT2D eigenvalue weighted by Crippen LogP contribution is 2.33. The highest BCUT2D eigenvalue weighted by molar-refractivity contribution is 5.79. The maximum atomic E-state index is 11.7. The number of nitrogens with one attached hydrogen (secondary N) is 2. The molecular weight excluding hydrogens is 176 g/mol. The highest BCUT2D eigenvalue weighted by atomic mass is 16.2. The third-order valence-corrected chi connectivity index (χ3v) is 3.39. The minimum Gasteiger partial charge on any atom is -0.352 e. The molecule has 1 heterocycles. The Labute approximate surface area is 85.6 Å². The van der Waals surface area contributed by atoms with Crippen molar-refractivity contribution < 1.29 is 4.79 Å². The van der Waals surface area contributed by atoms with Crippen molar-refractivity contribution in [3.63, 3.8) is 0 Å². The van der Waals surface area contributed by atoms with E-state index in [9.17, 15) is 4.79 Å². The summed E-state index contributed by atoms with van der Waals surface area (Å²) in [5, 5.41) is 6.45. The molecule has 0 aromatic carbocycles. The first-order valence-corrected chi connectivity index (χ1v) is 5.77. The van der Waals surface area contributed by atoms with Crippen molar-refractivity contribution in [3.05, 3.63) is 0 Å². The lowest BCUT2D eigenvalue weighted by Gasteiger charge is -2.33. The first-order valence-electron chi connectivity index (χ1n) is 5.77. The van der Waals surface area contributed by atoms with Crippen LogP contribution in [-0.2, 0) is 4.79 Å². The summed E-state index contributed by atoms with van der Waals surface area (Å²) < 4.78 is 0. The monoisotopic (exact) mass is 196 g/mol. The van der Waals surface area contributed by atoms with Crippen LogP contribution in [0.5, 0.6) is 0 Å². The molecule has 0 radical (unpaired) electrons. The van der Waals surface area contributed by atoms with E-state index in [0.717, 1.165) is 38.3 Å². The molecule has 1 aliphatic carbocycles. The fraction of sp³-hybridized carbons (Fsp3) is 0.909. The first-order chi connectivity index (χ1) is 6.75. The minimum absolute atomic E-state index is 0.289. The Hall–Kier alpha value is -0.570. The van der Waals surface area contributed by atoms with E-state index in [4.69, 9.17) is 0 Å². The van der Waals surface area contributed by atoms with Gasteiger partial charge in [0.05, 0.1) is 0 Å². The number of hydrogen-bond donors (Lipinski definition) is 2. The normalized spacial score (nSPS) is 37.4. The summed E-state index contributed by atoms with van der Waals surface area (Å²) in [4.78, 5) is 11.7. The zero-order valence-electron chi connectivity index (χ0n) is 8.88. The molecule has 1 amide bonds. The van der Waals surface area contributed by atoms with E-state index < -0.39 is 0 Å². The third-order valence-electron chi connectivity index (χ3n) is 3.39. The topological polar surface area (TPSA) is 41.1 Å². The van der Waals surface area contributed by atoms with E-state index in [-0.39, 0.29) is 5.91 Å². The van der Waals surface area contributed by atoms with E-state index in [1.165, 1.54) is 6.42 Å². The zero-order valence-corrected chi connectivity index (χ0v) is 8.88. The van der Waals surface area contributed by atoms with Gasteiger partial charge in [0, 0.05) is 18.5 Å². The maximum absolute atomic E-state index is 11.7. The average molecular weight is 196 g/mol. The molecule has 0 spiro atoms. The van der Waals surface area contributed by atoms with Gasteiger partial charge in [0.1, 0.15) is 0 Å². The van der Waals surface area contributed by atoms with E-state index in [1.54, 1.807) is 0 Å². The van der Waals surface area contributed by atoms with E-state index >= 15 is 0 Å². The second-order valence-electron chi connectivity index (χ2n) is 4.83. The fourth-order valence-electron chi connectivity index (χ4n) is 2.41. The quantitative estimate of drug-likeness (QED) is 0.689. The van der Waals surface area contributed by atoms with Gasteiger partial charge in [-0.3, -0.25) is 4.79 Å². The fourth-order valence-corrected chi connectivity index (χ4v) is 2.41. The molecule has 2 fully saturated rings. The lowest BCUT2D eigenvalue weighted by atomic mass is 9.75. The molecule has 0 unspecified atom stereocenters. The summed E-state index contributed by atoms with van der Waals surface area (Å²) in [5.74, 6) is 1.36. The number of amides is 1. The second-order valence-corrected chi connectivity index (χ2v) is 4.83. The summed E-state index contributed by atoms with van der Waals surface area (Å²) in [7, 11) is 0. The van der Waals surface area contributed by atoms with Crippen LogP contribution in [0.25, 0.3) is 0 Å². The van der Waals surface area contributed by atoms with Crippen LogP contribution in [0, 0.1) is 11.8 Å². The van der Waals surface area contributed by atoms with Gasteiger partial charge in [-0.25, -0.2) is 0 Å². The van der Waals surface area contributed by atoms with Gasteiger partial charge in [0.25, 0.3) is 0 Å². The smallest absolute Gasteiger partial charge is 0.223 e. The van der Waals surface area contributed by atoms with Crippen LogP contribution in [-0.4, -0.2) is 25.0 Å². The first kappa shape index (κ1) is 9.97. The van der Waals surface area contributed by atoms with Crippen LogP contribution >= 0.6 is 0 Å². The highest BCUT2D eigenvalue weighted by Gasteiger charge is 2.32. The summed E-state index contributed by atoms with van der Waals surface area (Å²) in [6.07, 6.45) is 4.50. The Morgan fingerprint density at radius 1 is 1.43 bits per heavy atom. The molecule has 14 heavy (non-hydrogen) atoms. The van der Waals surface area contributed by atoms with Crippen molar-refractivity contribution in [2.75, 3.05) is 13.1 Å². The van der Waals surface area contributed by atoms with Crippen molar-refractivity contribution in [1.82, 2.24) is 10.6 Å². The molecule has 2 N–H and O–H groups in total. The van der Waals surface area contributed by atoms with Gasteiger partial charge in [0.2, 0.25) is 5.91 Å². The predicted octanol–water partition coefficient (Wildman–Crippen LogP) is 0.901. The number of hydrogen-bond acceptors (Lipinski definition) is 2. The van der Waals surface area contributed by atoms with Crippen molar-refractivity contribution in [3.8, 4) is 0 Å². The molecule has 3 heteroatoms. The van der Waals surface area contributed by atoms with Gasteiger partial charge in [0.15, 0.2) is 0 Å². The molecule has 0 aromatic rings. The molecular formula is C11H20N2O. The Balaban J connectivity index is 1.71. The van der Waals surface area contributed by atoms with E-state index in [2.05, 4.69) is 17.6 Å². The van der Waals surface area contributed by atoms with Gasteiger partial charge in [-0.2, -0.15) is 0 Å². The van der Waals surface area contributed by atoms with Crippen molar-refractivity contribution in [1.29, 1.82) is 0 Å². The van der Waals surface area contributed by atoms with E-state index in [0.29, 0.717) is 12.0 Å². The van der Waals surface area contributed by atoms with Crippen molar-refractivity contribution in [2.45, 2.75) is 38.6 Å². The maximum Gasteiger partial charge on any atom is 0.223 e. The average Bonchev–Trinajstić information content (AvgIpc) is 2.14. The van der Waals surface area contributed by atoms with Gasteiger partial charge >= 0.3 is 0 Å². The molecule has 1 saturated carbocycles. The van der Waals surface area contributed by atoms with E-state index in [1.807, 2.05) is 0 Å². The van der Waals surface area contributed by atoms with Crippen LogP contribution in [0.1, 0.15) is 32.6 Å². The number of rotatable bonds is 2. The number of piperidine rings is 1. The molecule has 1 aliphatic heterocycles. The summed E-state index contributed by atoms with van der Waals surface area (Å²) in [6.45, 7) is 4.27. The van der Waals surface area contributed by atoms with Gasteiger partial charge in [-0.1, -0.05) is 6.92 Å². The number of carbonyl (C=O) groups excluding carboxylic acids is 1. The Morgan fingerprint density at radius 3 is 2.79 bits per heavy atom. The molecule has 1 saturated heterocycles. The Morgan fingerprint density at radius 2 is 2.21 bits per heavy atom. The lowest BCUT2D eigenvalue weighted by Crippen LogP contribution is -2.49. The molecule has 2 aliphatic rings. The Kier molecular flexibility index (Phi) is 3.06. The van der Waals surface area contributed by atoms with Gasteiger partial charge in [-0.05, 0) is 38.1 Å². The number of carbonyl (C=O) groups is 1. The standard InChI is InChI=1S/C11H20N2O/c1-8-5-9(6-8)11(14)13-10-3-2-4-12-7-10/h8-10,12H,2-7H2,1H3,(H,13,14)/t8?,9?,10-/m0/s1. The molecule has 0 bridgehead atoms. The van der Waals surface area contributed by atoms with Crippen LogP contribution in [0.4, 0.5) is 0 Å². The summed E-state index contributed by atoms with van der Waals surface area (Å²) in [5.41, 5.74) is 0. The summed E-state index contributed by atoms with van der Waals surface area (Å²) in [6, 6.07) is 0.382. The third kappa shape index (κ3) is 2.27. The van der Waals surface area contributed by atoms with Gasteiger partial charge in [-0.15, -0.1) is 0 Å². The van der Waals surface area contributed by atoms with Crippen LogP contribution in [0.3, 0.4) is 0 Å². The Bertz CT molecular complexity index is 205. The largest absolute Gasteiger partial charge is 0.352 e. The van der Waals surface area contributed by atoms with Crippen molar-refractivity contribution >= 4 is 5.91 Å².